The number of aromatic nitrogens is 2. The predicted molar refractivity (Wildman–Crippen MR) is 120 cm³/mol. The van der Waals surface area contributed by atoms with E-state index in [1.54, 1.807) is 11.3 Å². The van der Waals surface area contributed by atoms with E-state index in [4.69, 9.17) is 4.98 Å². The molecule has 2 aromatic heterocycles. The third-order valence-corrected chi connectivity index (χ3v) is 7.79. The highest BCUT2D eigenvalue weighted by Crippen LogP contribution is 2.37. The quantitative estimate of drug-likeness (QED) is 0.311. The smallest absolute Gasteiger partial charge is 0.292 e. The van der Waals surface area contributed by atoms with E-state index in [-0.39, 0.29) is 0 Å². The zero-order valence-electron chi connectivity index (χ0n) is 16.3. The minimum atomic E-state index is -4.35. The van der Waals surface area contributed by atoms with Gasteiger partial charge in [-0.05, 0) is 46.1 Å². The zero-order valence-corrected chi connectivity index (χ0v) is 18.7. The second-order valence-corrected chi connectivity index (χ2v) is 9.47. The van der Waals surface area contributed by atoms with Crippen LogP contribution in [0.2, 0.25) is 0 Å². The molecular formula is C23H17BrF3N3S. The molecule has 3 nitrogen and oxygen atoms in total. The highest BCUT2D eigenvalue weighted by Gasteiger charge is 2.30. The van der Waals surface area contributed by atoms with Crippen molar-refractivity contribution in [3.8, 4) is 11.4 Å². The molecule has 0 radical (unpaired) electrons. The number of rotatable bonds is 3. The van der Waals surface area contributed by atoms with Gasteiger partial charge in [-0.15, -0.1) is 11.3 Å². The van der Waals surface area contributed by atoms with Gasteiger partial charge in [0.25, 0.3) is 0 Å². The Bertz CT molecular complexity index is 1250. The summed E-state index contributed by atoms with van der Waals surface area (Å²) in [7, 11) is 0. The maximum Gasteiger partial charge on any atom is 0.416 e. The lowest BCUT2D eigenvalue weighted by Crippen LogP contribution is -2.30. The van der Waals surface area contributed by atoms with E-state index >= 15 is 0 Å². The van der Waals surface area contributed by atoms with Crippen molar-refractivity contribution in [1.29, 1.82) is 0 Å². The van der Waals surface area contributed by atoms with Gasteiger partial charge in [0.15, 0.2) is 5.82 Å². The van der Waals surface area contributed by atoms with Crippen LogP contribution in [0.25, 0.3) is 21.5 Å². The average molecular weight is 504 g/mol. The summed E-state index contributed by atoms with van der Waals surface area (Å²) in [5, 5.41) is 1.23. The van der Waals surface area contributed by atoms with Gasteiger partial charge in [0.05, 0.1) is 11.3 Å². The normalized spacial score (nSPS) is 14.7. The molecular weight excluding hydrogens is 487 g/mol. The first-order valence-electron chi connectivity index (χ1n) is 9.79. The van der Waals surface area contributed by atoms with Crippen LogP contribution in [0.3, 0.4) is 0 Å². The summed E-state index contributed by atoms with van der Waals surface area (Å²) in [6.45, 7) is 2.42. The summed E-state index contributed by atoms with van der Waals surface area (Å²) < 4.78 is 40.9. The Labute approximate surface area is 189 Å². The topological polar surface area (TPSA) is 29.0 Å². The summed E-state index contributed by atoms with van der Waals surface area (Å²) in [6, 6.07) is 13.3. The molecule has 0 bridgehead atoms. The average Bonchev–Trinajstić information content (AvgIpc) is 3.08. The number of hydrogen-bond acceptors (Lipinski definition) is 4. The molecule has 0 saturated carbocycles. The Hall–Kier alpha value is -2.29. The fourth-order valence-electron chi connectivity index (χ4n) is 3.81. The highest BCUT2D eigenvalue weighted by molar-refractivity contribution is 9.10. The van der Waals surface area contributed by atoms with Crippen LogP contribution < -0.4 is 0 Å². The molecule has 1 aliphatic heterocycles. The minimum absolute atomic E-state index is 0.456. The molecule has 0 amide bonds. The molecule has 0 spiro atoms. The molecule has 158 valence electrons. The molecule has 0 atom stereocenters. The van der Waals surface area contributed by atoms with Gasteiger partial charge in [-0.25, -0.2) is 9.97 Å². The summed E-state index contributed by atoms with van der Waals surface area (Å²) in [5.41, 5.74) is 1.95. The first-order chi connectivity index (χ1) is 14.9. The lowest BCUT2D eigenvalue weighted by molar-refractivity contribution is -0.137. The number of halogens is 4. The monoisotopic (exact) mass is 503 g/mol. The zero-order chi connectivity index (χ0) is 21.6. The molecule has 1 aliphatic rings. The SMILES string of the molecule is FC(F)(F)c1ccc(-c2ncc3c(n2)CN(Cc2sc4ccccc4c2Br)CC3)cc1. The second-order valence-electron chi connectivity index (χ2n) is 7.54. The van der Waals surface area contributed by atoms with Gasteiger partial charge in [-0.2, -0.15) is 13.2 Å². The Morgan fingerprint density at radius 2 is 1.84 bits per heavy atom. The van der Waals surface area contributed by atoms with E-state index < -0.39 is 11.7 Å². The van der Waals surface area contributed by atoms with Crippen LogP contribution in [0, 0.1) is 0 Å². The second kappa shape index (κ2) is 8.00. The third-order valence-electron chi connectivity index (χ3n) is 5.46. The lowest BCUT2D eigenvalue weighted by atomic mass is 10.1. The van der Waals surface area contributed by atoms with Gasteiger partial charge >= 0.3 is 6.18 Å². The van der Waals surface area contributed by atoms with Crippen molar-refractivity contribution in [2.45, 2.75) is 25.7 Å². The number of thiophene rings is 1. The van der Waals surface area contributed by atoms with Crippen LogP contribution in [-0.2, 0) is 25.7 Å². The van der Waals surface area contributed by atoms with E-state index in [2.05, 4.69) is 37.9 Å². The molecule has 0 unspecified atom stereocenters. The van der Waals surface area contributed by atoms with Crippen molar-refractivity contribution in [2.24, 2.45) is 0 Å². The van der Waals surface area contributed by atoms with E-state index in [1.165, 1.54) is 27.1 Å². The summed E-state index contributed by atoms with van der Waals surface area (Å²) in [4.78, 5) is 12.7. The Kier molecular flexibility index (Phi) is 5.32. The number of hydrogen-bond donors (Lipinski definition) is 0. The Morgan fingerprint density at radius 3 is 2.58 bits per heavy atom. The van der Waals surface area contributed by atoms with Crippen molar-refractivity contribution < 1.29 is 13.2 Å². The molecule has 0 N–H and O–H groups in total. The van der Waals surface area contributed by atoms with Crippen LogP contribution in [0.15, 0.2) is 59.2 Å². The van der Waals surface area contributed by atoms with E-state index in [0.717, 1.165) is 47.4 Å². The Balaban J connectivity index is 1.37. The number of nitrogens with zero attached hydrogens (tertiary/aromatic N) is 3. The standard InChI is InChI=1S/C23H17BrF3N3S/c24-21-17-3-1-2-4-19(17)31-20(21)13-30-10-9-15-11-28-22(29-18(15)12-30)14-5-7-16(8-6-14)23(25,26)27/h1-8,11H,9-10,12-13H2. The summed E-state index contributed by atoms with van der Waals surface area (Å²) in [6.07, 6.45) is -1.69. The first-order valence-corrected chi connectivity index (χ1v) is 11.4. The van der Waals surface area contributed by atoms with Gasteiger partial charge in [0, 0.05) is 50.8 Å². The fourth-order valence-corrected chi connectivity index (χ4v) is 5.79. The summed E-state index contributed by atoms with van der Waals surface area (Å²) >= 11 is 5.54. The molecule has 0 fully saturated rings. The van der Waals surface area contributed by atoms with Crippen molar-refractivity contribution in [3.05, 3.63) is 80.9 Å². The Morgan fingerprint density at radius 1 is 1.06 bits per heavy atom. The molecule has 0 saturated heterocycles. The molecule has 3 heterocycles. The van der Waals surface area contributed by atoms with Gasteiger partial charge in [0.1, 0.15) is 0 Å². The fraction of sp³-hybridized carbons (Fsp3) is 0.217. The van der Waals surface area contributed by atoms with Crippen LogP contribution in [0.5, 0.6) is 0 Å². The molecule has 5 rings (SSSR count). The van der Waals surface area contributed by atoms with Crippen LogP contribution in [0.4, 0.5) is 13.2 Å². The van der Waals surface area contributed by atoms with Gasteiger partial charge in [-0.1, -0.05) is 30.3 Å². The molecule has 0 aliphatic carbocycles. The summed E-state index contributed by atoms with van der Waals surface area (Å²) in [5.74, 6) is 0.456. The van der Waals surface area contributed by atoms with Crippen molar-refractivity contribution in [2.75, 3.05) is 6.54 Å². The lowest BCUT2D eigenvalue weighted by Gasteiger charge is -2.27. The maximum atomic E-state index is 12.8. The largest absolute Gasteiger partial charge is 0.416 e. The van der Waals surface area contributed by atoms with Gasteiger partial charge < -0.3 is 0 Å². The molecule has 31 heavy (non-hydrogen) atoms. The minimum Gasteiger partial charge on any atom is -0.292 e. The number of benzene rings is 2. The molecule has 4 aromatic rings. The van der Waals surface area contributed by atoms with E-state index in [9.17, 15) is 13.2 Å². The van der Waals surface area contributed by atoms with E-state index in [1.807, 2.05) is 18.3 Å². The van der Waals surface area contributed by atoms with Crippen LogP contribution in [0.1, 0.15) is 21.7 Å². The molecule has 2 aromatic carbocycles. The number of fused-ring (bicyclic) bond motifs is 2. The van der Waals surface area contributed by atoms with Crippen LogP contribution >= 0.6 is 27.3 Å². The van der Waals surface area contributed by atoms with Crippen molar-refractivity contribution >= 4 is 37.4 Å². The van der Waals surface area contributed by atoms with Gasteiger partial charge in [-0.3, -0.25) is 4.90 Å². The third kappa shape index (κ3) is 4.12. The maximum absolute atomic E-state index is 12.8. The molecule has 8 heteroatoms. The van der Waals surface area contributed by atoms with Crippen molar-refractivity contribution in [3.63, 3.8) is 0 Å². The van der Waals surface area contributed by atoms with E-state index in [0.29, 0.717) is 17.9 Å². The highest BCUT2D eigenvalue weighted by atomic mass is 79.9. The predicted octanol–water partition coefficient (Wildman–Crippen LogP) is 6.70. The van der Waals surface area contributed by atoms with Crippen LogP contribution in [-0.4, -0.2) is 21.4 Å². The van der Waals surface area contributed by atoms with Gasteiger partial charge in [0.2, 0.25) is 0 Å². The van der Waals surface area contributed by atoms with Crippen molar-refractivity contribution in [1.82, 2.24) is 14.9 Å². The number of alkyl halides is 3. The first kappa shape index (κ1) is 20.6.